The SMILES string of the molecule is COc1cc(N)c(Cl)cc1C(=O)OCC(=O)COC(=O)c1cc(Cl)c(N)cc1OC. The Balaban J connectivity index is 1.96. The molecule has 0 radical (unpaired) electrons. The average molecular weight is 457 g/mol. The highest BCUT2D eigenvalue weighted by atomic mass is 35.5. The minimum atomic E-state index is -0.861. The largest absolute Gasteiger partial charge is 0.496 e. The molecule has 0 spiro atoms. The van der Waals surface area contributed by atoms with Gasteiger partial charge in [0.15, 0.2) is 13.2 Å². The van der Waals surface area contributed by atoms with Crippen LogP contribution in [-0.2, 0) is 14.3 Å². The fourth-order valence-electron chi connectivity index (χ4n) is 2.28. The molecule has 0 unspecified atom stereocenters. The number of rotatable bonds is 8. The van der Waals surface area contributed by atoms with Crippen LogP contribution in [0, 0.1) is 0 Å². The molecule has 2 aromatic carbocycles. The van der Waals surface area contributed by atoms with Crippen molar-refractivity contribution in [1.29, 1.82) is 0 Å². The summed E-state index contributed by atoms with van der Waals surface area (Å²) < 4.78 is 20.0. The van der Waals surface area contributed by atoms with Gasteiger partial charge < -0.3 is 30.4 Å². The number of nitrogens with two attached hydrogens (primary N) is 2. The van der Waals surface area contributed by atoms with Crippen LogP contribution in [0.15, 0.2) is 24.3 Å². The Morgan fingerprint density at radius 1 is 0.767 bits per heavy atom. The lowest BCUT2D eigenvalue weighted by molar-refractivity contribution is -0.125. The van der Waals surface area contributed by atoms with Crippen molar-refractivity contribution in [2.24, 2.45) is 0 Å². The summed E-state index contributed by atoms with van der Waals surface area (Å²) in [5.74, 6) is -2.13. The van der Waals surface area contributed by atoms with E-state index in [0.29, 0.717) is 0 Å². The third-order valence-corrected chi connectivity index (χ3v) is 4.46. The second-order valence-corrected chi connectivity index (χ2v) is 6.65. The van der Waals surface area contributed by atoms with E-state index in [1.54, 1.807) is 0 Å². The van der Waals surface area contributed by atoms with E-state index in [1.807, 2.05) is 0 Å². The van der Waals surface area contributed by atoms with Crippen molar-refractivity contribution in [1.82, 2.24) is 0 Å². The molecule has 0 heterocycles. The molecule has 0 saturated carbocycles. The number of benzene rings is 2. The molecule has 11 heteroatoms. The fourth-order valence-corrected chi connectivity index (χ4v) is 2.61. The smallest absolute Gasteiger partial charge is 0.342 e. The molecule has 4 N–H and O–H groups in total. The number of carbonyl (C=O) groups is 3. The highest BCUT2D eigenvalue weighted by molar-refractivity contribution is 6.34. The molecular formula is C19H18Cl2N2O7. The van der Waals surface area contributed by atoms with Crippen molar-refractivity contribution < 1.29 is 33.3 Å². The van der Waals surface area contributed by atoms with E-state index < -0.39 is 30.9 Å². The highest BCUT2D eigenvalue weighted by Crippen LogP contribution is 2.30. The Hall–Kier alpha value is -3.17. The first-order valence-electron chi connectivity index (χ1n) is 8.29. The van der Waals surface area contributed by atoms with E-state index in [1.165, 1.54) is 38.5 Å². The van der Waals surface area contributed by atoms with Crippen LogP contribution in [0.4, 0.5) is 11.4 Å². The molecule has 0 amide bonds. The predicted molar refractivity (Wildman–Crippen MR) is 110 cm³/mol. The van der Waals surface area contributed by atoms with Crippen molar-refractivity contribution >= 4 is 52.3 Å². The number of ether oxygens (including phenoxy) is 4. The second kappa shape index (κ2) is 10.0. The molecule has 0 aromatic heterocycles. The number of carbonyl (C=O) groups excluding carboxylic acids is 3. The number of Topliss-reactive ketones (excluding diaryl/α,β-unsaturated/α-hetero) is 1. The maximum absolute atomic E-state index is 12.2. The number of hydrogen-bond donors (Lipinski definition) is 2. The lowest BCUT2D eigenvalue weighted by Crippen LogP contribution is -2.21. The van der Waals surface area contributed by atoms with Gasteiger partial charge in [0.25, 0.3) is 0 Å². The van der Waals surface area contributed by atoms with Gasteiger partial charge in [-0.15, -0.1) is 0 Å². The lowest BCUT2D eigenvalue weighted by atomic mass is 10.2. The zero-order valence-electron chi connectivity index (χ0n) is 16.0. The van der Waals surface area contributed by atoms with Crippen molar-refractivity contribution in [3.05, 3.63) is 45.4 Å². The van der Waals surface area contributed by atoms with E-state index in [0.717, 1.165) is 0 Å². The number of methoxy groups -OCH3 is 2. The standard InChI is InChI=1S/C19H18Cl2N2O7/c1-27-16-5-14(22)12(20)3-10(16)18(25)29-7-9(24)8-30-19(26)11-4-13(21)15(23)6-17(11)28-2/h3-6H,7-8,22-23H2,1-2H3. The van der Waals surface area contributed by atoms with Gasteiger partial charge in [-0.2, -0.15) is 0 Å². The van der Waals surface area contributed by atoms with Gasteiger partial charge in [0.05, 0.1) is 35.6 Å². The minimum Gasteiger partial charge on any atom is -0.496 e. The van der Waals surface area contributed by atoms with Crippen LogP contribution in [0.2, 0.25) is 10.0 Å². The third-order valence-electron chi connectivity index (χ3n) is 3.81. The molecule has 0 atom stereocenters. The van der Waals surface area contributed by atoms with Crippen LogP contribution in [0.25, 0.3) is 0 Å². The van der Waals surface area contributed by atoms with Crippen LogP contribution < -0.4 is 20.9 Å². The monoisotopic (exact) mass is 456 g/mol. The molecule has 2 rings (SSSR count). The van der Waals surface area contributed by atoms with E-state index >= 15 is 0 Å². The molecule has 30 heavy (non-hydrogen) atoms. The van der Waals surface area contributed by atoms with Gasteiger partial charge in [-0.3, -0.25) is 4.79 Å². The van der Waals surface area contributed by atoms with E-state index in [4.69, 9.17) is 53.6 Å². The van der Waals surface area contributed by atoms with Gasteiger partial charge in [0, 0.05) is 12.1 Å². The summed E-state index contributed by atoms with van der Waals surface area (Å²) in [4.78, 5) is 36.4. The Morgan fingerprint density at radius 2 is 1.13 bits per heavy atom. The third kappa shape index (κ3) is 5.46. The van der Waals surface area contributed by atoms with Gasteiger partial charge in [-0.25, -0.2) is 9.59 Å². The Morgan fingerprint density at radius 3 is 1.47 bits per heavy atom. The fraction of sp³-hybridized carbons (Fsp3) is 0.211. The number of nitrogen functional groups attached to an aromatic ring is 2. The van der Waals surface area contributed by atoms with Gasteiger partial charge in [0.1, 0.15) is 22.6 Å². The van der Waals surface area contributed by atoms with E-state index in [-0.39, 0.29) is 44.0 Å². The summed E-state index contributed by atoms with van der Waals surface area (Å²) in [6.07, 6.45) is 0. The molecule has 0 saturated heterocycles. The van der Waals surface area contributed by atoms with Crippen LogP contribution in [-0.4, -0.2) is 45.2 Å². The molecule has 0 fully saturated rings. The molecule has 0 aliphatic heterocycles. The Kier molecular flexibility index (Phi) is 7.73. The lowest BCUT2D eigenvalue weighted by Gasteiger charge is -2.11. The number of hydrogen-bond acceptors (Lipinski definition) is 9. The maximum Gasteiger partial charge on any atom is 0.342 e. The highest BCUT2D eigenvalue weighted by Gasteiger charge is 2.20. The quantitative estimate of drug-likeness (QED) is 0.452. The first-order valence-corrected chi connectivity index (χ1v) is 9.05. The molecule has 0 aliphatic carbocycles. The van der Waals surface area contributed by atoms with Gasteiger partial charge >= 0.3 is 11.9 Å². The van der Waals surface area contributed by atoms with E-state index in [9.17, 15) is 14.4 Å². The Bertz CT molecular complexity index is 918. The van der Waals surface area contributed by atoms with Gasteiger partial charge in [0.2, 0.25) is 5.78 Å². The minimum absolute atomic E-state index is 0.0113. The van der Waals surface area contributed by atoms with Crippen molar-refractivity contribution in [2.75, 3.05) is 38.9 Å². The topological polar surface area (TPSA) is 140 Å². The summed E-state index contributed by atoms with van der Waals surface area (Å²) in [5, 5.41) is 0.248. The first kappa shape index (κ1) is 23.1. The molecule has 2 aromatic rings. The van der Waals surface area contributed by atoms with Crippen molar-refractivity contribution in [2.45, 2.75) is 0 Å². The summed E-state index contributed by atoms with van der Waals surface area (Å²) in [7, 11) is 2.67. The molecular weight excluding hydrogens is 439 g/mol. The maximum atomic E-state index is 12.2. The number of ketones is 1. The van der Waals surface area contributed by atoms with Crippen LogP contribution in [0.5, 0.6) is 11.5 Å². The zero-order chi connectivity index (χ0) is 22.4. The van der Waals surface area contributed by atoms with Crippen molar-refractivity contribution in [3.8, 4) is 11.5 Å². The van der Waals surface area contributed by atoms with Gasteiger partial charge in [-0.05, 0) is 12.1 Å². The summed E-state index contributed by atoms with van der Waals surface area (Å²) in [6, 6.07) is 5.24. The summed E-state index contributed by atoms with van der Waals surface area (Å²) in [6.45, 7) is -1.28. The average Bonchev–Trinajstić information content (AvgIpc) is 2.73. The summed E-state index contributed by atoms with van der Waals surface area (Å²) >= 11 is 11.8. The normalized spacial score (nSPS) is 10.3. The van der Waals surface area contributed by atoms with Gasteiger partial charge in [-0.1, -0.05) is 23.2 Å². The molecule has 0 aliphatic rings. The molecule has 160 valence electrons. The number of halogens is 2. The van der Waals surface area contributed by atoms with E-state index in [2.05, 4.69) is 0 Å². The molecule has 9 nitrogen and oxygen atoms in total. The number of anilines is 2. The second-order valence-electron chi connectivity index (χ2n) is 5.84. The first-order chi connectivity index (χ1) is 14.2. The predicted octanol–water partition coefficient (Wildman–Crippen LogP) is 2.76. The molecule has 0 bridgehead atoms. The Labute approximate surface area is 181 Å². The van der Waals surface area contributed by atoms with Crippen LogP contribution in [0.3, 0.4) is 0 Å². The zero-order valence-corrected chi connectivity index (χ0v) is 17.5. The number of esters is 2. The van der Waals surface area contributed by atoms with Crippen LogP contribution >= 0.6 is 23.2 Å². The van der Waals surface area contributed by atoms with Crippen molar-refractivity contribution in [3.63, 3.8) is 0 Å². The van der Waals surface area contributed by atoms with Crippen LogP contribution in [0.1, 0.15) is 20.7 Å². The summed E-state index contributed by atoms with van der Waals surface area (Å²) in [5.41, 5.74) is 11.7.